The summed E-state index contributed by atoms with van der Waals surface area (Å²) >= 11 is 6.29. The zero-order chi connectivity index (χ0) is 18.8. The van der Waals surface area contributed by atoms with Crippen LogP contribution in [0.1, 0.15) is 17.0 Å². The van der Waals surface area contributed by atoms with Crippen molar-refractivity contribution in [1.82, 2.24) is 25.0 Å². The number of aryl methyl sites for hydroxylation is 1. The van der Waals surface area contributed by atoms with Gasteiger partial charge in [0.25, 0.3) is 0 Å². The molecule has 27 heavy (non-hydrogen) atoms. The van der Waals surface area contributed by atoms with Crippen LogP contribution in [0.4, 0.5) is 5.82 Å². The van der Waals surface area contributed by atoms with Gasteiger partial charge in [0, 0.05) is 18.6 Å². The van der Waals surface area contributed by atoms with E-state index in [0.717, 1.165) is 17.9 Å². The van der Waals surface area contributed by atoms with Gasteiger partial charge >= 0.3 is 0 Å². The molecule has 0 bridgehead atoms. The van der Waals surface area contributed by atoms with E-state index in [4.69, 9.17) is 11.6 Å². The lowest BCUT2D eigenvalue weighted by molar-refractivity contribution is 0.663. The lowest BCUT2D eigenvalue weighted by Gasteiger charge is -2.18. The highest BCUT2D eigenvalue weighted by Crippen LogP contribution is 2.24. The van der Waals surface area contributed by atoms with E-state index in [-0.39, 0.29) is 0 Å². The molecule has 0 saturated heterocycles. The Morgan fingerprint density at radius 2 is 1.74 bits per heavy atom. The van der Waals surface area contributed by atoms with E-state index >= 15 is 0 Å². The van der Waals surface area contributed by atoms with E-state index in [9.17, 15) is 0 Å². The van der Waals surface area contributed by atoms with Gasteiger partial charge in [-0.1, -0.05) is 65.3 Å². The Hall–Kier alpha value is -2.99. The van der Waals surface area contributed by atoms with Gasteiger partial charge in [0.15, 0.2) is 17.0 Å². The molecule has 0 N–H and O–H groups in total. The summed E-state index contributed by atoms with van der Waals surface area (Å²) in [7, 11) is 2.00. The molecule has 4 aromatic rings. The smallest absolute Gasteiger partial charge is 0.184 e. The summed E-state index contributed by atoms with van der Waals surface area (Å²) in [4.78, 5) is 11.2. The number of hydrogen-bond acceptors (Lipinski definition) is 5. The topological polar surface area (TPSA) is 59.7 Å². The largest absolute Gasteiger partial charge is 0.353 e. The molecular weight excluding hydrogens is 360 g/mol. The molecule has 0 aliphatic carbocycles. The molecule has 4 rings (SSSR count). The minimum atomic E-state index is 0.508. The maximum atomic E-state index is 6.29. The second-order valence-electron chi connectivity index (χ2n) is 6.45. The Morgan fingerprint density at radius 3 is 2.52 bits per heavy atom. The predicted molar refractivity (Wildman–Crippen MR) is 107 cm³/mol. The van der Waals surface area contributed by atoms with Crippen molar-refractivity contribution in [2.45, 2.75) is 20.0 Å². The summed E-state index contributed by atoms with van der Waals surface area (Å²) < 4.78 is 1.77. The van der Waals surface area contributed by atoms with Gasteiger partial charge in [-0.3, -0.25) is 0 Å². The molecule has 136 valence electrons. The lowest BCUT2D eigenvalue weighted by atomic mass is 10.2. The quantitative estimate of drug-likeness (QED) is 0.527. The molecule has 0 unspecified atom stereocenters. The third-order valence-corrected chi connectivity index (χ3v) is 4.73. The number of benzene rings is 2. The summed E-state index contributed by atoms with van der Waals surface area (Å²) in [5.41, 5.74) is 3.57. The minimum Gasteiger partial charge on any atom is -0.353 e. The first-order valence-electron chi connectivity index (χ1n) is 8.68. The first-order valence-corrected chi connectivity index (χ1v) is 9.06. The van der Waals surface area contributed by atoms with Gasteiger partial charge in [0.05, 0.1) is 6.54 Å². The first kappa shape index (κ1) is 17.4. The second-order valence-corrected chi connectivity index (χ2v) is 6.85. The van der Waals surface area contributed by atoms with Crippen molar-refractivity contribution in [2.75, 3.05) is 11.9 Å². The standard InChI is InChI=1S/C20H19ClN6/c1-14-22-19(26(2)12-15-8-4-3-5-9-15)18-20(23-14)27(25-24-18)13-16-10-6-7-11-17(16)21/h3-11H,12-13H2,1-2H3. The van der Waals surface area contributed by atoms with Crippen LogP contribution >= 0.6 is 11.6 Å². The Kier molecular flexibility index (Phi) is 4.73. The summed E-state index contributed by atoms with van der Waals surface area (Å²) in [6, 6.07) is 18.0. The van der Waals surface area contributed by atoms with Crippen molar-refractivity contribution < 1.29 is 0 Å². The van der Waals surface area contributed by atoms with Gasteiger partial charge in [-0.05, 0) is 24.1 Å². The van der Waals surface area contributed by atoms with Crippen molar-refractivity contribution >= 4 is 28.6 Å². The van der Waals surface area contributed by atoms with E-state index in [1.807, 2.05) is 56.4 Å². The van der Waals surface area contributed by atoms with Crippen molar-refractivity contribution in [3.8, 4) is 0 Å². The second kappa shape index (κ2) is 7.32. The Morgan fingerprint density at radius 1 is 1.00 bits per heavy atom. The van der Waals surface area contributed by atoms with E-state index in [0.29, 0.717) is 28.6 Å². The summed E-state index contributed by atoms with van der Waals surface area (Å²) in [5, 5.41) is 9.36. The summed E-state index contributed by atoms with van der Waals surface area (Å²) in [5.74, 6) is 1.45. The van der Waals surface area contributed by atoms with Crippen LogP contribution < -0.4 is 4.90 Å². The first-order chi connectivity index (χ1) is 13.1. The van der Waals surface area contributed by atoms with Crippen LogP contribution in [-0.2, 0) is 13.1 Å². The zero-order valence-electron chi connectivity index (χ0n) is 15.2. The van der Waals surface area contributed by atoms with Gasteiger partial charge in [0.1, 0.15) is 5.82 Å². The predicted octanol–water partition coefficient (Wildman–Crippen LogP) is 3.87. The molecule has 2 heterocycles. The van der Waals surface area contributed by atoms with Crippen LogP contribution in [0.2, 0.25) is 5.02 Å². The highest BCUT2D eigenvalue weighted by Gasteiger charge is 2.17. The highest BCUT2D eigenvalue weighted by molar-refractivity contribution is 6.31. The highest BCUT2D eigenvalue weighted by atomic mass is 35.5. The number of aromatic nitrogens is 5. The van der Waals surface area contributed by atoms with Crippen LogP contribution in [0.5, 0.6) is 0 Å². The molecule has 0 radical (unpaired) electrons. The van der Waals surface area contributed by atoms with Crippen LogP contribution in [0, 0.1) is 6.92 Å². The summed E-state index contributed by atoms with van der Waals surface area (Å²) in [6.45, 7) is 3.12. The molecule has 2 aromatic carbocycles. The average molecular weight is 379 g/mol. The third kappa shape index (κ3) is 3.61. The maximum Gasteiger partial charge on any atom is 0.184 e. The molecule has 0 fully saturated rings. The molecule has 0 atom stereocenters. The fourth-order valence-corrected chi connectivity index (χ4v) is 3.24. The van der Waals surface area contributed by atoms with E-state index in [1.54, 1.807) is 4.68 Å². The number of hydrogen-bond donors (Lipinski definition) is 0. The monoisotopic (exact) mass is 378 g/mol. The number of nitrogens with zero attached hydrogens (tertiary/aromatic N) is 6. The fraction of sp³-hybridized carbons (Fsp3) is 0.200. The average Bonchev–Trinajstić information content (AvgIpc) is 3.06. The lowest BCUT2D eigenvalue weighted by Crippen LogP contribution is -2.19. The zero-order valence-corrected chi connectivity index (χ0v) is 15.9. The van der Waals surface area contributed by atoms with Gasteiger partial charge in [-0.15, -0.1) is 5.10 Å². The van der Waals surface area contributed by atoms with Gasteiger partial charge in [0.2, 0.25) is 0 Å². The Labute approximate surface area is 162 Å². The van der Waals surface area contributed by atoms with Crippen LogP contribution in [-0.4, -0.2) is 32.0 Å². The molecule has 7 heteroatoms. The summed E-state index contributed by atoms with van der Waals surface area (Å²) in [6.07, 6.45) is 0. The Balaban J connectivity index is 1.71. The number of anilines is 1. The normalized spacial score (nSPS) is 11.1. The maximum absolute atomic E-state index is 6.29. The third-order valence-electron chi connectivity index (χ3n) is 4.36. The molecule has 0 amide bonds. The van der Waals surface area contributed by atoms with E-state index < -0.39 is 0 Å². The number of rotatable bonds is 5. The van der Waals surface area contributed by atoms with E-state index in [2.05, 4.69) is 37.3 Å². The number of halogens is 1. The van der Waals surface area contributed by atoms with E-state index in [1.165, 1.54) is 5.56 Å². The van der Waals surface area contributed by atoms with Crippen molar-refractivity contribution in [1.29, 1.82) is 0 Å². The molecule has 0 aliphatic rings. The molecule has 6 nitrogen and oxygen atoms in total. The van der Waals surface area contributed by atoms with Crippen LogP contribution in [0.15, 0.2) is 54.6 Å². The van der Waals surface area contributed by atoms with Gasteiger partial charge in [-0.2, -0.15) is 0 Å². The molecular formula is C20H19ClN6. The number of fused-ring (bicyclic) bond motifs is 1. The van der Waals surface area contributed by atoms with Crippen LogP contribution in [0.3, 0.4) is 0 Å². The van der Waals surface area contributed by atoms with Crippen molar-refractivity contribution in [3.63, 3.8) is 0 Å². The molecule has 0 saturated carbocycles. The molecule has 2 aromatic heterocycles. The van der Waals surface area contributed by atoms with Crippen molar-refractivity contribution in [3.05, 3.63) is 76.6 Å². The SMILES string of the molecule is Cc1nc(N(C)Cc2ccccc2)c2nnn(Cc3ccccc3Cl)c2n1. The van der Waals surface area contributed by atoms with Gasteiger partial charge < -0.3 is 4.90 Å². The fourth-order valence-electron chi connectivity index (χ4n) is 3.04. The minimum absolute atomic E-state index is 0.508. The Bertz CT molecular complexity index is 1080. The van der Waals surface area contributed by atoms with Crippen molar-refractivity contribution in [2.24, 2.45) is 0 Å². The van der Waals surface area contributed by atoms with Crippen LogP contribution in [0.25, 0.3) is 11.2 Å². The molecule has 0 spiro atoms. The molecule has 0 aliphatic heterocycles. The van der Waals surface area contributed by atoms with Gasteiger partial charge in [-0.25, -0.2) is 14.6 Å².